The van der Waals surface area contributed by atoms with E-state index in [9.17, 15) is 18.0 Å². The van der Waals surface area contributed by atoms with E-state index >= 15 is 0 Å². The molecule has 0 fully saturated rings. The molecule has 1 N–H and O–H groups in total. The summed E-state index contributed by atoms with van der Waals surface area (Å²) >= 11 is 11.2. The second kappa shape index (κ2) is 5.68. The second-order valence-corrected chi connectivity index (χ2v) is 4.48. The summed E-state index contributed by atoms with van der Waals surface area (Å²) in [6, 6.07) is 3.26. The Morgan fingerprint density at radius 1 is 0.950 bits per heavy atom. The number of hydrogen-bond acceptors (Lipinski definition) is 2. The molecule has 1 heterocycles. The molecule has 0 aliphatic carbocycles. The number of aromatic nitrogens is 1. The highest BCUT2D eigenvalue weighted by atomic mass is 35.5. The van der Waals surface area contributed by atoms with Crippen LogP contribution in [0.5, 0.6) is 0 Å². The van der Waals surface area contributed by atoms with E-state index in [2.05, 4.69) is 10.3 Å². The van der Waals surface area contributed by atoms with Gasteiger partial charge >= 0.3 is 0 Å². The van der Waals surface area contributed by atoms with E-state index in [-0.39, 0.29) is 15.9 Å². The largest absolute Gasteiger partial charge is 0.319 e. The number of halogens is 5. The van der Waals surface area contributed by atoms with Gasteiger partial charge in [-0.05, 0) is 12.1 Å². The average Bonchev–Trinajstić information content (AvgIpc) is 2.34. The molecule has 8 heteroatoms. The molecule has 0 bridgehead atoms. The smallest absolute Gasteiger partial charge is 0.255 e. The molecule has 0 spiro atoms. The van der Waals surface area contributed by atoms with Gasteiger partial charge in [0.25, 0.3) is 5.91 Å². The first-order valence-electron chi connectivity index (χ1n) is 5.16. The minimum Gasteiger partial charge on any atom is -0.319 e. The number of anilines is 1. The molecule has 104 valence electrons. The summed E-state index contributed by atoms with van der Waals surface area (Å²) in [5.74, 6) is -4.53. The third-order valence-corrected chi connectivity index (χ3v) is 2.67. The van der Waals surface area contributed by atoms with Crippen molar-refractivity contribution in [1.29, 1.82) is 0 Å². The van der Waals surface area contributed by atoms with Crippen LogP contribution in [0.25, 0.3) is 0 Å². The van der Waals surface area contributed by atoms with Gasteiger partial charge in [0.05, 0.1) is 5.69 Å². The first-order chi connectivity index (χ1) is 9.36. The Morgan fingerprint density at radius 2 is 1.50 bits per heavy atom. The van der Waals surface area contributed by atoms with E-state index in [4.69, 9.17) is 23.2 Å². The summed E-state index contributed by atoms with van der Waals surface area (Å²) in [5, 5.41) is 2.02. The zero-order valence-electron chi connectivity index (χ0n) is 9.55. The Labute approximate surface area is 121 Å². The highest BCUT2D eigenvalue weighted by Gasteiger charge is 2.14. The van der Waals surface area contributed by atoms with Crippen LogP contribution < -0.4 is 5.32 Å². The fourth-order valence-corrected chi connectivity index (χ4v) is 1.87. The molecule has 0 aliphatic rings. The topological polar surface area (TPSA) is 42.0 Å². The number of carbonyl (C=O) groups excluding carboxylic acids is 1. The van der Waals surface area contributed by atoms with Gasteiger partial charge in [0.15, 0.2) is 11.6 Å². The van der Waals surface area contributed by atoms with Crippen molar-refractivity contribution in [2.75, 3.05) is 5.32 Å². The van der Waals surface area contributed by atoms with Gasteiger partial charge in [-0.25, -0.2) is 18.2 Å². The lowest BCUT2D eigenvalue weighted by molar-refractivity contribution is 0.102. The third-order valence-electron chi connectivity index (χ3n) is 2.28. The number of rotatable bonds is 2. The number of benzene rings is 1. The summed E-state index contributed by atoms with van der Waals surface area (Å²) in [7, 11) is 0. The summed E-state index contributed by atoms with van der Waals surface area (Å²) in [5.41, 5.74) is -0.503. The molecule has 0 saturated carbocycles. The van der Waals surface area contributed by atoms with Crippen molar-refractivity contribution in [3.63, 3.8) is 0 Å². The molecule has 0 unspecified atom stereocenters. The predicted octanol–water partition coefficient (Wildman–Crippen LogP) is 4.06. The zero-order valence-corrected chi connectivity index (χ0v) is 11.1. The van der Waals surface area contributed by atoms with Crippen molar-refractivity contribution in [2.45, 2.75) is 0 Å². The molecule has 1 aromatic heterocycles. The van der Waals surface area contributed by atoms with Gasteiger partial charge in [0.2, 0.25) is 0 Å². The van der Waals surface area contributed by atoms with Crippen molar-refractivity contribution >= 4 is 34.8 Å². The maximum absolute atomic E-state index is 13.4. The number of pyridine rings is 1. The van der Waals surface area contributed by atoms with Gasteiger partial charge in [-0.1, -0.05) is 23.2 Å². The number of carbonyl (C=O) groups is 1. The van der Waals surface area contributed by atoms with Crippen LogP contribution in [-0.2, 0) is 0 Å². The number of nitrogens with zero attached hydrogens (tertiary/aromatic N) is 1. The van der Waals surface area contributed by atoms with Gasteiger partial charge in [-0.2, -0.15) is 0 Å². The Kier molecular flexibility index (Phi) is 4.15. The van der Waals surface area contributed by atoms with Crippen LogP contribution in [0.2, 0.25) is 10.3 Å². The summed E-state index contributed by atoms with van der Waals surface area (Å²) in [4.78, 5) is 15.5. The van der Waals surface area contributed by atoms with Crippen LogP contribution in [0, 0.1) is 17.5 Å². The van der Waals surface area contributed by atoms with Crippen molar-refractivity contribution in [3.05, 3.63) is 57.6 Å². The van der Waals surface area contributed by atoms with E-state index in [0.717, 1.165) is 0 Å². The Hall–Kier alpha value is -1.79. The van der Waals surface area contributed by atoms with Crippen LogP contribution in [0.1, 0.15) is 10.4 Å². The van der Waals surface area contributed by atoms with Crippen LogP contribution >= 0.6 is 23.2 Å². The molecule has 1 amide bonds. The molecule has 0 aliphatic heterocycles. The molecule has 1 aromatic carbocycles. The van der Waals surface area contributed by atoms with Gasteiger partial charge in [-0.3, -0.25) is 4.79 Å². The summed E-state index contributed by atoms with van der Waals surface area (Å²) in [6.45, 7) is 0. The zero-order chi connectivity index (χ0) is 14.9. The van der Waals surface area contributed by atoms with Gasteiger partial charge < -0.3 is 5.32 Å². The molecule has 0 atom stereocenters. The number of amides is 1. The van der Waals surface area contributed by atoms with Crippen LogP contribution in [-0.4, -0.2) is 10.9 Å². The van der Waals surface area contributed by atoms with Crippen LogP contribution in [0.4, 0.5) is 18.9 Å². The van der Waals surface area contributed by atoms with E-state index in [1.165, 1.54) is 12.1 Å². The number of hydrogen-bond donors (Lipinski definition) is 1. The molecule has 2 aromatic rings. The Balaban J connectivity index is 2.30. The van der Waals surface area contributed by atoms with Crippen LogP contribution in [0.3, 0.4) is 0 Å². The summed E-state index contributed by atoms with van der Waals surface area (Å²) < 4.78 is 39.1. The minimum atomic E-state index is -1.35. The fraction of sp³-hybridized carbons (Fsp3) is 0. The standard InChI is InChI=1S/C12H5Cl2F3N2O/c13-10-1-5(2-11(14)19-10)12(20)18-9-4-7(16)6(15)3-8(9)17/h1-4H,(H,18,20). The Bertz CT molecular complexity index is 674. The fourth-order valence-electron chi connectivity index (χ4n) is 1.41. The van der Waals surface area contributed by atoms with Crippen molar-refractivity contribution < 1.29 is 18.0 Å². The molecule has 0 saturated heterocycles. The monoisotopic (exact) mass is 320 g/mol. The van der Waals surface area contributed by atoms with E-state index in [1.807, 2.05) is 0 Å². The van der Waals surface area contributed by atoms with Gasteiger partial charge in [-0.15, -0.1) is 0 Å². The van der Waals surface area contributed by atoms with E-state index in [1.54, 1.807) is 0 Å². The third kappa shape index (κ3) is 3.20. The minimum absolute atomic E-state index is 0.000803. The molecule has 20 heavy (non-hydrogen) atoms. The predicted molar refractivity (Wildman–Crippen MR) is 68.5 cm³/mol. The second-order valence-electron chi connectivity index (χ2n) is 3.70. The molecular weight excluding hydrogens is 316 g/mol. The lowest BCUT2D eigenvalue weighted by atomic mass is 10.2. The maximum Gasteiger partial charge on any atom is 0.255 e. The average molecular weight is 321 g/mol. The lowest BCUT2D eigenvalue weighted by Crippen LogP contribution is -2.14. The highest BCUT2D eigenvalue weighted by Crippen LogP contribution is 2.20. The van der Waals surface area contributed by atoms with Crippen molar-refractivity contribution in [1.82, 2.24) is 4.98 Å². The SMILES string of the molecule is O=C(Nc1cc(F)c(F)cc1F)c1cc(Cl)nc(Cl)c1. The van der Waals surface area contributed by atoms with Gasteiger partial charge in [0.1, 0.15) is 16.1 Å². The van der Waals surface area contributed by atoms with E-state index in [0.29, 0.717) is 12.1 Å². The summed E-state index contributed by atoms with van der Waals surface area (Å²) in [6.07, 6.45) is 0. The quantitative estimate of drug-likeness (QED) is 0.669. The lowest BCUT2D eigenvalue weighted by Gasteiger charge is -2.07. The molecule has 2 rings (SSSR count). The van der Waals surface area contributed by atoms with Crippen LogP contribution in [0.15, 0.2) is 24.3 Å². The Morgan fingerprint density at radius 3 is 2.10 bits per heavy atom. The molecule has 0 radical (unpaired) electrons. The molecule has 3 nitrogen and oxygen atoms in total. The highest BCUT2D eigenvalue weighted by molar-refractivity contribution is 6.33. The first kappa shape index (κ1) is 14.6. The van der Waals surface area contributed by atoms with Crippen molar-refractivity contribution in [3.8, 4) is 0 Å². The number of nitrogens with one attached hydrogen (secondary N) is 1. The van der Waals surface area contributed by atoms with Gasteiger partial charge in [0, 0.05) is 17.7 Å². The maximum atomic E-state index is 13.4. The van der Waals surface area contributed by atoms with Crippen molar-refractivity contribution in [2.24, 2.45) is 0 Å². The van der Waals surface area contributed by atoms with E-state index < -0.39 is 29.0 Å². The first-order valence-corrected chi connectivity index (χ1v) is 5.91. The molecular formula is C12H5Cl2F3N2O. The normalized spacial score (nSPS) is 10.4.